The predicted octanol–water partition coefficient (Wildman–Crippen LogP) is 6.46. The third kappa shape index (κ3) is 6.16. The van der Waals surface area contributed by atoms with Crippen LogP contribution in [0.3, 0.4) is 0 Å². The van der Waals surface area contributed by atoms with Crippen LogP contribution >= 0.6 is 0 Å². The number of ether oxygens (including phenoxy) is 2. The highest BCUT2D eigenvalue weighted by Crippen LogP contribution is 2.41. The summed E-state index contributed by atoms with van der Waals surface area (Å²) in [7, 11) is 3.15. The first-order chi connectivity index (χ1) is 17.9. The number of phenolic OH excluding ortho intramolecular Hbond substituents is 4. The molecule has 0 aliphatic carbocycles. The SMILES string of the molecule is COc1cc(O)ccc1CC[C@@H](c1ccc(O)cc1)c1c(/C=C/c2ccc(O)cc2)cc(O)cc1OC. The topological polar surface area (TPSA) is 99.4 Å². The Morgan fingerprint density at radius 3 is 1.89 bits per heavy atom. The lowest BCUT2D eigenvalue weighted by Crippen LogP contribution is -2.08. The lowest BCUT2D eigenvalue weighted by molar-refractivity contribution is 0.397. The molecule has 4 aromatic rings. The third-order valence-corrected chi connectivity index (χ3v) is 6.34. The largest absolute Gasteiger partial charge is 0.508 e. The first kappa shape index (κ1) is 25.5. The van der Waals surface area contributed by atoms with Crippen LogP contribution in [0.5, 0.6) is 34.5 Å². The van der Waals surface area contributed by atoms with Crippen LogP contribution in [0.25, 0.3) is 12.2 Å². The van der Waals surface area contributed by atoms with Crippen molar-refractivity contribution in [2.45, 2.75) is 18.8 Å². The van der Waals surface area contributed by atoms with Crippen LogP contribution in [0.1, 0.15) is 40.2 Å². The molecule has 4 N–H and O–H groups in total. The van der Waals surface area contributed by atoms with Crippen LogP contribution < -0.4 is 9.47 Å². The average molecular weight is 499 g/mol. The second-order valence-electron chi connectivity index (χ2n) is 8.75. The normalized spacial score (nSPS) is 11.9. The number of aryl methyl sites for hydroxylation is 1. The summed E-state index contributed by atoms with van der Waals surface area (Å²) in [5.74, 6) is 1.57. The van der Waals surface area contributed by atoms with Crippen molar-refractivity contribution < 1.29 is 29.9 Å². The molecule has 6 nitrogen and oxygen atoms in total. The van der Waals surface area contributed by atoms with Crippen molar-refractivity contribution in [3.63, 3.8) is 0 Å². The Kier molecular flexibility index (Phi) is 7.89. The lowest BCUT2D eigenvalue weighted by Gasteiger charge is -2.24. The summed E-state index contributed by atoms with van der Waals surface area (Å²) in [6, 6.07) is 22.3. The van der Waals surface area contributed by atoms with Crippen LogP contribution in [-0.4, -0.2) is 34.6 Å². The van der Waals surface area contributed by atoms with E-state index in [1.165, 1.54) is 0 Å². The van der Waals surface area contributed by atoms with Crippen LogP contribution in [0, 0.1) is 0 Å². The van der Waals surface area contributed by atoms with E-state index < -0.39 is 0 Å². The molecule has 0 bridgehead atoms. The van der Waals surface area contributed by atoms with Crippen LogP contribution in [0.15, 0.2) is 78.9 Å². The third-order valence-electron chi connectivity index (χ3n) is 6.34. The molecule has 0 aromatic heterocycles. The predicted molar refractivity (Wildman–Crippen MR) is 145 cm³/mol. The van der Waals surface area contributed by atoms with E-state index in [0.717, 1.165) is 27.8 Å². The monoisotopic (exact) mass is 498 g/mol. The molecule has 0 fully saturated rings. The average Bonchev–Trinajstić information content (AvgIpc) is 2.90. The summed E-state index contributed by atoms with van der Waals surface area (Å²) >= 11 is 0. The fourth-order valence-corrected chi connectivity index (χ4v) is 4.51. The van der Waals surface area contributed by atoms with E-state index in [4.69, 9.17) is 9.47 Å². The highest BCUT2D eigenvalue weighted by atomic mass is 16.5. The highest BCUT2D eigenvalue weighted by Gasteiger charge is 2.23. The number of aromatic hydroxyl groups is 4. The molecule has 0 heterocycles. The summed E-state index contributed by atoms with van der Waals surface area (Å²) in [4.78, 5) is 0. The van der Waals surface area contributed by atoms with E-state index in [1.807, 2.05) is 30.4 Å². The molecule has 0 amide bonds. The van der Waals surface area contributed by atoms with E-state index in [2.05, 4.69) is 0 Å². The summed E-state index contributed by atoms with van der Waals surface area (Å²) in [5.41, 5.74) is 4.47. The van der Waals surface area contributed by atoms with Gasteiger partial charge in [-0.2, -0.15) is 0 Å². The van der Waals surface area contributed by atoms with Crippen LogP contribution in [0.4, 0.5) is 0 Å². The highest BCUT2D eigenvalue weighted by molar-refractivity contribution is 5.74. The summed E-state index contributed by atoms with van der Waals surface area (Å²) in [5, 5.41) is 39.8. The zero-order valence-corrected chi connectivity index (χ0v) is 20.8. The van der Waals surface area contributed by atoms with Gasteiger partial charge in [0.05, 0.1) is 14.2 Å². The number of rotatable bonds is 9. The van der Waals surface area contributed by atoms with Crippen LogP contribution in [-0.2, 0) is 6.42 Å². The molecular formula is C31H30O6. The smallest absolute Gasteiger partial charge is 0.126 e. The Hall–Kier alpha value is -4.58. The number of methoxy groups -OCH3 is 2. The minimum Gasteiger partial charge on any atom is -0.508 e. The molecule has 190 valence electrons. The van der Waals surface area contributed by atoms with Gasteiger partial charge < -0.3 is 29.9 Å². The Bertz CT molecular complexity index is 1370. The molecule has 0 saturated carbocycles. The molecule has 37 heavy (non-hydrogen) atoms. The summed E-state index contributed by atoms with van der Waals surface area (Å²) < 4.78 is 11.2. The molecule has 4 aromatic carbocycles. The van der Waals surface area contributed by atoms with Gasteiger partial charge in [0.15, 0.2) is 0 Å². The minimum atomic E-state index is -0.158. The van der Waals surface area contributed by atoms with E-state index in [-0.39, 0.29) is 28.9 Å². The van der Waals surface area contributed by atoms with Gasteiger partial charge in [0, 0.05) is 23.6 Å². The molecule has 0 saturated heterocycles. The fraction of sp³-hybridized carbons (Fsp3) is 0.161. The zero-order valence-electron chi connectivity index (χ0n) is 20.8. The van der Waals surface area contributed by atoms with Crippen molar-refractivity contribution in [2.24, 2.45) is 0 Å². The molecule has 0 aliphatic heterocycles. The Balaban J connectivity index is 1.80. The van der Waals surface area contributed by atoms with E-state index >= 15 is 0 Å². The van der Waals surface area contributed by atoms with Crippen molar-refractivity contribution in [3.8, 4) is 34.5 Å². The maximum atomic E-state index is 10.5. The first-order valence-corrected chi connectivity index (χ1v) is 11.9. The quantitative estimate of drug-likeness (QED) is 0.198. The second kappa shape index (κ2) is 11.4. The summed E-state index contributed by atoms with van der Waals surface area (Å²) in [6.07, 6.45) is 5.12. The van der Waals surface area contributed by atoms with Gasteiger partial charge in [-0.1, -0.05) is 42.5 Å². The van der Waals surface area contributed by atoms with Crippen molar-refractivity contribution in [1.29, 1.82) is 0 Å². The van der Waals surface area contributed by atoms with Gasteiger partial charge in [-0.15, -0.1) is 0 Å². The zero-order chi connectivity index (χ0) is 26.4. The molecule has 1 atom stereocenters. The molecule has 0 radical (unpaired) electrons. The van der Waals surface area contributed by atoms with Gasteiger partial charge in [0.2, 0.25) is 0 Å². The fourth-order valence-electron chi connectivity index (χ4n) is 4.51. The van der Waals surface area contributed by atoms with Crippen molar-refractivity contribution in [1.82, 2.24) is 0 Å². The van der Waals surface area contributed by atoms with Gasteiger partial charge in [-0.25, -0.2) is 0 Å². The van der Waals surface area contributed by atoms with E-state index in [1.54, 1.807) is 74.9 Å². The van der Waals surface area contributed by atoms with Crippen molar-refractivity contribution in [3.05, 3.63) is 107 Å². The molecule has 4 rings (SSSR count). The van der Waals surface area contributed by atoms with Gasteiger partial charge >= 0.3 is 0 Å². The van der Waals surface area contributed by atoms with Gasteiger partial charge in [-0.05, 0) is 71.5 Å². The lowest BCUT2D eigenvalue weighted by atomic mass is 9.82. The molecular weight excluding hydrogens is 468 g/mol. The number of phenols is 4. The Morgan fingerprint density at radius 1 is 0.649 bits per heavy atom. The maximum Gasteiger partial charge on any atom is 0.126 e. The Labute approximate surface area is 216 Å². The minimum absolute atomic E-state index is 0.0793. The summed E-state index contributed by atoms with van der Waals surface area (Å²) in [6.45, 7) is 0. The Morgan fingerprint density at radius 2 is 1.24 bits per heavy atom. The first-order valence-electron chi connectivity index (χ1n) is 11.9. The van der Waals surface area contributed by atoms with Crippen molar-refractivity contribution in [2.75, 3.05) is 14.2 Å². The van der Waals surface area contributed by atoms with Gasteiger partial charge in [-0.3, -0.25) is 0 Å². The number of hydrogen-bond donors (Lipinski definition) is 4. The molecule has 0 unspecified atom stereocenters. The van der Waals surface area contributed by atoms with Crippen molar-refractivity contribution >= 4 is 12.2 Å². The second-order valence-corrected chi connectivity index (χ2v) is 8.75. The van der Waals surface area contributed by atoms with E-state index in [0.29, 0.717) is 24.3 Å². The maximum absolute atomic E-state index is 10.5. The molecule has 0 spiro atoms. The number of hydrogen-bond acceptors (Lipinski definition) is 6. The van der Waals surface area contributed by atoms with Gasteiger partial charge in [0.25, 0.3) is 0 Å². The molecule has 6 heteroatoms. The van der Waals surface area contributed by atoms with E-state index in [9.17, 15) is 20.4 Å². The standard InChI is InChI=1S/C31H30O6/c1-36-29-18-26(34)15-9-22(29)10-16-28(21-7-13-25(33)14-8-21)31-23(17-27(35)19-30(31)37-2)6-3-20-4-11-24(32)12-5-20/h3-9,11-15,17-19,28,32-35H,10,16H2,1-2H3/b6-3+/t28-/m0/s1. The van der Waals surface area contributed by atoms with Gasteiger partial charge in [0.1, 0.15) is 34.5 Å². The number of benzene rings is 4. The molecule has 0 aliphatic rings. The van der Waals surface area contributed by atoms with Crippen LogP contribution in [0.2, 0.25) is 0 Å².